The number of phosphoric ester groups is 1. The molecule has 0 bridgehead atoms. The minimum atomic E-state index is -5.69. The van der Waals surface area contributed by atoms with Gasteiger partial charge in [-0.3, -0.25) is 14.1 Å². The van der Waals surface area contributed by atoms with Crippen LogP contribution >= 0.6 is 23.5 Å². The zero-order chi connectivity index (χ0) is 23.2. The van der Waals surface area contributed by atoms with Crippen LogP contribution in [0.25, 0.3) is 0 Å². The number of rotatable bonds is 8. The van der Waals surface area contributed by atoms with E-state index in [4.69, 9.17) is 25.2 Å². The molecule has 1 fully saturated rings. The number of nitrogens with one attached hydrogen (secondary N) is 1. The standard InChI is InChI=1S/C10H18N5O13P3/c11-8-5-9(13-2-12-8)15(3-14-5)10-7(17)6(16)4(26-10)1-25-30(21,22)28-31(23,24)27-29(18,19)20/h2-4,6-8,10,16-17H,1,11H2,(H,12,13)(H,21,22)(H,23,24)(H2,18,19,20). The lowest BCUT2D eigenvalue weighted by Gasteiger charge is -2.21. The van der Waals surface area contributed by atoms with Gasteiger partial charge < -0.3 is 45.6 Å². The highest BCUT2D eigenvalue weighted by molar-refractivity contribution is 7.66. The number of fused-ring (bicyclic) bond motifs is 1. The first-order chi connectivity index (χ1) is 14.2. The van der Waals surface area contributed by atoms with Crippen molar-refractivity contribution < 1.29 is 61.4 Å². The molecule has 1 saturated heterocycles. The highest BCUT2D eigenvalue weighted by Gasteiger charge is 2.47. The van der Waals surface area contributed by atoms with Gasteiger partial charge in [0.2, 0.25) is 0 Å². The number of ether oxygens (including phenoxy) is 1. The second-order valence-electron chi connectivity index (χ2n) is 6.19. The maximum absolute atomic E-state index is 11.8. The molecule has 0 amide bonds. The number of phosphoric acid groups is 3. The lowest BCUT2D eigenvalue weighted by Crippen LogP contribution is -2.33. The molecule has 9 N–H and O–H groups in total. The van der Waals surface area contributed by atoms with Crippen LogP contribution in [0.15, 0.2) is 11.3 Å². The molecular weight excluding hydrogens is 491 g/mol. The van der Waals surface area contributed by atoms with Crippen molar-refractivity contribution in [2.24, 2.45) is 10.7 Å². The summed E-state index contributed by atoms with van der Waals surface area (Å²) in [7, 11) is -16.7. The predicted molar refractivity (Wildman–Crippen MR) is 97.0 cm³/mol. The third-order valence-corrected chi connectivity index (χ3v) is 7.77. The molecule has 0 saturated carbocycles. The summed E-state index contributed by atoms with van der Waals surface area (Å²) in [5, 5.41) is 23.2. The fourth-order valence-corrected chi connectivity index (χ4v) is 5.78. The van der Waals surface area contributed by atoms with Gasteiger partial charge in [-0.25, -0.2) is 18.7 Å². The molecule has 18 nitrogen and oxygen atoms in total. The number of hydrogen-bond donors (Lipinski definition) is 8. The van der Waals surface area contributed by atoms with Gasteiger partial charge in [-0.2, -0.15) is 8.62 Å². The molecule has 7 unspecified atom stereocenters. The second-order valence-corrected chi connectivity index (χ2v) is 10.6. The van der Waals surface area contributed by atoms with E-state index in [0.29, 0.717) is 11.5 Å². The minimum Gasteiger partial charge on any atom is -0.387 e. The van der Waals surface area contributed by atoms with Crippen LogP contribution < -0.4 is 11.1 Å². The van der Waals surface area contributed by atoms with Gasteiger partial charge in [0, 0.05) is 0 Å². The van der Waals surface area contributed by atoms with Gasteiger partial charge in [0.05, 0.1) is 19.3 Å². The third kappa shape index (κ3) is 5.84. The lowest BCUT2D eigenvalue weighted by atomic mass is 10.1. The number of aliphatic hydroxyl groups excluding tert-OH is 2. The number of aliphatic imine (C=N–C) groups is 1. The SMILES string of the molecule is NC1N=CNc2c1ncn2C1OC(COP(=O)(O)OP(=O)(O)OP(=O)(O)O)C(O)C1O. The number of nitrogens with zero attached hydrogens (tertiary/aromatic N) is 3. The Balaban J connectivity index is 1.66. The number of aliphatic hydroxyl groups is 2. The van der Waals surface area contributed by atoms with E-state index in [2.05, 4.69) is 28.4 Å². The van der Waals surface area contributed by atoms with Crippen LogP contribution in [0.5, 0.6) is 0 Å². The Morgan fingerprint density at radius 1 is 1.13 bits per heavy atom. The van der Waals surface area contributed by atoms with Crippen LogP contribution in [-0.4, -0.2) is 70.6 Å². The average Bonchev–Trinajstić information content (AvgIpc) is 3.13. The van der Waals surface area contributed by atoms with Crippen molar-refractivity contribution in [1.29, 1.82) is 0 Å². The van der Waals surface area contributed by atoms with E-state index in [1.54, 1.807) is 0 Å². The summed E-state index contributed by atoms with van der Waals surface area (Å²) >= 11 is 0. The van der Waals surface area contributed by atoms with Crippen LogP contribution in [0.1, 0.15) is 18.1 Å². The summed E-state index contributed by atoms with van der Waals surface area (Å²) in [5.74, 6) is 0.312. The molecule has 0 aliphatic carbocycles. The first-order valence-electron chi connectivity index (χ1n) is 8.09. The first-order valence-corrected chi connectivity index (χ1v) is 12.6. The highest BCUT2D eigenvalue weighted by Crippen LogP contribution is 2.66. The van der Waals surface area contributed by atoms with Crippen molar-refractivity contribution in [3.63, 3.8) is 0 Å². The Kier molecular flexibility index (Phi) is 6.90. The Morgan fingerprint density at radius 2 is 1.81 bits per heavy atom. The summed E-state index contributed by atoms with van der Waals surface area (Å²) in [6.07, 6.45) is -4.14. The van der Waals surface area contributed by atoms with Gasteiger partial charge in [-0.05, 0) is 0 Å². The van der Waals surface area contributed by atoms with E-state index in [1.165, 1.54) is 17.2 Å². The molecule has 0 spiro atoms. The van der Waals surface area contributed by atoms with E-state index in [-0.39, 0.29) is 0 Å². The third-order valence-electron chi connectivity index (χ3n) is 3.97. The Labute approximate surface area is 172 Å². The van der Waals surface area contributed by atoms with Gasteiger partial charge in [0.15, 0.2) is 6.23 Å². The van der Waals surface area contributed by atoms with Gasteiger partial charge >= 0.3 is 23.5 Å². The Bertz CT molecular complexity index is 995. The first kappa shape index (κ1) is 24.6. The largest absolute Gasteiger partial charge is 0.490 e. The van der Waals surface area contributed by atoms with Gasteiger partial charge in [-0.15, -0.1) is 0 Å². The van der Waals surface area contributed by atoms with E-state index in [0.717, 1.165) is 0 Å². The Hall–Kier alpha value is -1.07. The molecule has 1 aromatic heterocycles. The molecule has 7 atom stereocenters. The fraction of sp³-hybridized carbons (Fsp3) is 0.600. The van der Waals surface area contributed by atoms with Crippen LogP contribution in [0.3, 0.4) is 0 Å². The van der Waals surface area contributed by atoms with E-state index in [1.807, 2.05) is 0 Å². The van der Waals surface area contributed by atoms with Crippen molar-refractivity contribution in [3.05, 3.63) is 12.0 Å². The van der Waals surface area contributed by atoms with Crippen molar-refractivity contribution in [2.75, 3.05) is 11.9 Å². The van der Waals surface area contributed by atoms with Gasteiger partial charge in [-0.1, -0.05) is 0 Å². The zero-order valence-corrected chi connectivity index (χ0v) is 17.7. The van der Waals surface area contributed by atoms with Gasteiger partial charge in [0.25, 0.3) is 0 Å². The normalized spacial score (nSPS) is 32.2. The van der Waals surface area contributed by atoms with Crippen molar-refractivity contribution in [2.45, 2.75) is 30.7 Å². The number of hydrogen-bond acceptors (Lipinski definition) is 13. The second kappa shape index (κ2) is 8.70. The van der Waals surface area contributed by atoms with Crippen LogP contribution in [0, 0.1) is 0 Å². The predicted octanol–water partition coefficient (Wildman–Crippen LogP) is -1.74. The molecular formula is C10H18N5O13P3. The highest BCUT2D eigenvalue weighted by atomic mass is 31.3. The molecule has 0 aromatic carbocycles. The number of anilines is 1. The summed E-state index contributed by atoms with van der Waals surface area (Å²) in [5.41, 5.74) is 6.09. The quantitative estimate of drug-likeness (QED) is 0.180. The topological polar surface area (TPSA) is 278 Å². The number of aromatic nitrogens is 2. The van der Waals surface area contributed by atoms with E-state index in [9.17, 15) is 28.8 Å². The molecule has 3 heterocycles. The van der Waals surface area contributed by atoms with Crippen molar-refractivity contribution in [3.8, 4) is 0 Å². The minimum absolute atomic E-state index is 0.312. The van der Waals surface area contributed by atoms with Crippen LogP contribution in [0.2, 0.25) is 0 Å². The number of imidazole rings is 1. The zero-order valence-electron chi connectivity index (χ0n) is 15.1. The van der Waals surface area contributed by atoms with Crippen molar-refractivity contribution in [1.82, 2.24) is 9.55 Å². The maximum Gasteiger partial charge on any atom is 0.490 e. The van der Waals surface area contributed by atoms with Gasteiger partial charge in [0.1, 0.15) is 36.0 Å². The average molecular weight is 509 g/mol. The molecule has 1 aromatic rings. The summed E-state index contributed by atoms with van der Waals surface area (Å²) in [6.45, 7) is -0.941. The molecule has 2 aliphatic rings. The smallest absolute Gasteiger partial charge is 0.387 e. The summed E-state index contributed by atoms with van der Waals surface area (Å²) in [4.78, 5) is 43.5. The molecule has 176 valence electrons. The van der Waals surface area contributed by atoms with E-state index < -0.39 is 60.8 Å². The van der Waals surface area contributed by atoms with Crippen LogP contribution in [0.4, 0.5) is 5.82 Å². The molecule has 21 heteroatoms. The van der Waals surface area contributed by atoms with Crippen molar-refractivity contribution >= 4 is 35.6 Å². The molecule has 0 radical (unpaired) electrons. The van der Waals surface area contributed by atoms with Crippen LogP contribution in [-0.2, 0) is 31.6 Å². The molecule has 2 aliphatic heterocycles. The fourth-order valence-electron chi connectivity index (χ4n) is 2.75. The number of nitrogens with two attached hydrogens (primary N) is 1. The Morgan fingerprint density at radius 3 is 2.45 bits per heavy atom. The summed E-state index contributed by atoms with van der Waals surface area (Å²) < 4.78 is 52.0. The molecule has 3 rings (SSSR count). The summed E-state index contributed by atoms with van der Waals surface area (Å²) in [6, 6.07) is 0. The lowest BCUT2D eigenvalue weighted by molar-refractivity contribution is -0.0510. The molecule has 31 heavy (non-hydrogen) atoms. The van der Waals surface area contributed by atoms with E-state index >= 15 is 0 Å². The maximum atomic E-state index is 11.8. The monoisotopic (exact) mass is 509 g/mol.